The highest BCUT2D eigenvalue weighted by Crippen LogP contribution is 2.15. The van der Waals surface area contributed by atoms with Gasteiger partial charge < -0.3 is 0 Å². The van der Waals surface area contributed by atoms with Crippen LogP contribution in [0, 0.1) is 6.92 Å². The SMILES string of the molecule is CON(C)C(=O)c1cc(C)c(Br)cn1. The molecule has 0 saturated carbocycles. The lowest BCUT2D eigenvalue weighted by Gasteiger charge is -2.13. The van der Waals surface area contributed by atoms with Crippen molar-refractivity contribution in [2.24, 2.45) is 0 Å². The quantitative estimate of drug-likeness (QED) is 0.760. The van der Waals surface area contributed by atoms with E-state index in [0.29, 0.717) is 5.69 Å². The molecular weight excluding hydrogens is 248 g/mol. The number of amides is 1. The van der Waals surface area contributed by atoms with Gasteiger partial charge in [-0.15, -0.1) is 0 Å². The third-order valence-corrected chi connectivity index (χ3v) is 2.66. The minimum absolute atomic E-state index is 0.261. The topological polar surface area (TPSA) is 42.4 Å². The average molecular weight is 259 g/mol. The Bertz CT molecular complexity index is 355. The van der Waals surface area contributed by atoms with Crippen molar-refractivity contribution in [1.29, 1.82) is 0 Å². The number of carbonyl (C=O) groups is 1. The monoisotopic (exact) mass is 258 g/mol. The molecule has 0 saturated heterocycles. The summed E-state index contributed by atoms with van der Waals surface area (Å²) in [5.74, 6) is -0.261. The summed E-state index contributed by atoms with van der Waals surface area (Å²) in [5, 5.41) is 1.13. The molecule has 4 nitrogen and oxygen atoms in total. The van der Waals surface area contributed by atoms with E-state index in [2.05, 4.69) is 20.9 Å². The van der Waals surface area contributed by atoms with E-state index in [0.717, 1.165) is 15.1 Å². The average Bonchev–Trinajstić information content (AvgIpc) is 2.20. The fourth-order valence-electron chi connectivity index (χ4n) is 0.901. The summed E-state index contributed by atoms with van der Waals surface area (Å²) in [7, 11) is 2.98. The lowest BCUT2D eigenvalue weighted by Crippen LogP contribution is -2.26. The molecule has 5 heteroatoms. The Balaban J connectivity index is 2.97. The third-order valence-electron chi connectivity index (χ3n) is 1.83. The van der Waals surface area contributed by atoms with Crippen molar-refractivity contribution in [1.82, 2.24) is 10.0 Å². The van der Waals surface area contributed by atoms with Crippen LogP contribution >= 0.6 is 15.9 Å². The van der Waals surface area contributed by atoms with Crippen LogP contribution in [-0.4, -0.2) is 30.1 Å². The number of pyridine rings is 1. The zero-order chi connectivity index (χ0) is 10.7. The lowest BCUT2D eigenvalue weighted by molar-refractivity contribution is -0.0760. The number of hydrogen-bond acceptors (Lipinski definition) is 3. The highest BCUT2D eigenvalue weighted by molar-refractivity contribution is 9.10. The Morgan fingerprint density at radius 3 is 2.79 bits per heavy atom. The van der Waals surface area contributed by atoms with Crippen LogP contribution in [0.4, 0.5) is 0 Å². The molecule has 0 aliphatic heterocycles. The van der Waals surface area contributed by atoms with E-state index in [1.165, 1.54) is 7.11 Å². The Kier molecular flexibility index (Phi) is 3.60. The van der Waals surface area contributed by atoms with Gasteiger partial charge in [0.1, 0.15) is 5.69 Å². The van der Waals surface area contributed by atoms with Crippen molar-refractivity contribution in [3.63, 3.8) is 0 Å². The molecule has 1 amide bonds. The first-order valence-electron chi connectivity index (χ1n) is 4.00. The summed E-state index contributed by atoms with van der Waals surface area (Å²) in [4.78, 5) is 20.3. The molecule has 1 aromatic rings. The number of rotatable bonds is 2. The van der Waals surface area contributed by atoms with Gasteiger partial charge in [-0.1, -0.05) is 0 Å². The smallest absolute Gasteiger partial charge is 0.274 e. The molecule has 0 fully saturated rings. The Morgan fingerprint density at radius 1 is 1.64 bits per heavy atom. The molecule has 0 atom stereocenters. The second-order valence-corrected chi connectivity index (χ2v) is 3.66. The van der Waals surface area contributed by atoms with Crippen LogP contribution in [-0.2, 0) is 4.84 Å². The molecule has 1 aromatic heterocycles. The molecule has 0 radical (unpaired) electrons. The van der Waals surface area contributed by atoms with Crippen LogP contribution in [0.3, 0.4) is 0 Å². The molecule has 0 bridgehead atoms. The van der Waals surface area contributed by atoms with Crippen LogP contribution in [0.25, 0.3) is 0 Å². The number of carbonyl (C=O) groups excluding carboxylic acids is 1. The minimum atomic E-state index is -0.261. The Morgan fingerprint density at radius 2 is 2.29 bits per heavy atom. The Labute approximate surface area is 91.0 Å². The first kappa shape index (κ1) is 11.1. The van der Waals surface area contributed by atoms with E-state index >= 15 is 0 Å². The Hall–Kier alpha value is -0.940. The summed E-state index contributed by atoms with van der Waals surface area (Å²) in [6, 6.07) is 1.71. The maximum absolute atomic E-state index is 11.6. The van der Waals surface area contributed by atoms with Crippen molar-refractivity contribution in [2.75, 3.05) is 14.2 Å². The van der Waals surface area contributed by atoms with E-state index in [1.807, 2.05) is 6.92 Å². The zero-order valence-electron chi connectivity index (χ0n) is 8.24. The first-order chi connectivity index (χ1) is 6.56. The van der Waals surface area contributed by atoms with Gasteiger partial charge in [0, 0.05) is 17.7 Å². The second-order valence-electron chi connectivity index (χ2n) is 2.80. The summed E-state index contributed by atoms with van der Waals surface area (Å²) < 4.78 is 0.883. The standard InChI is InChI=1S/C9H11BrN2O2/c1-6-4-8(11-5-7(6)10)9(13)12(2)14-3/h4-5H,1-3H3. The number of hydroxylamine groups is 2. The van der Waals surface area contributed by atoms with Gasteiger partial charge in [-0.2, -0.15) is 0 Å². The number of aromatic nitrogens is 1. The molecule has 1 heterocycles. The predicted octanol–water partition coefficient (Wildman–Crippen LogP) is 1.79. The van der Waals surface area contributed by atoms with Crippen molar-refractivity contribution in [3.05, 3.63) is 28.0 Å². The number of hydrogen-bond donors (Lipinski definition) is 0. The maximum Gasteiger partial charge on any atom is 0.295 e. The van der Waals surface area contributed by atoms with Crippen molar-refractivity contribution in [3.8, 4) is 0 Å². The number of nitrogens with zero attached hydrogens (tertiary/aromatic N) is 2. The molecule has 0 aliphatic carbocycles. The van der Waals surface area contributed by atoms with Crippen LogP contribution < -0.4 is 0 Å². The van der Waals surface area contributed by atoms with Crippen molar-refractivity contribution in [2.45, 2.75) is 6.92 Å². The van der Waals surface area contributed by atoms with Crippen LogP contribution in [0.2, 0.25) is 0 Å². The minimum Gasteiger partial charge on any atom is -0.274 e. The van der Waals surface area contributed by atoms with E-state index in [1.54, 1.807) is 19.3 Å². The lowest BCUT2D eigenvalue weighted by atomic mass is 10.2. The zero-order valence-corrected chi connectivity index (χ0v) is 9.83. The van der Waals surface area contributed by atoms with Crippen molar-refractivity contribution >= 4 is 21.8 Å². The van der Waals surface area contributed by atoms with Gasteiger partial charge >= 0.3 is 0 Å². The molecule has 76 valence electrons. The summed E-state index contributed by atoms with van der Waals surface area (Å²) in [6.07, 6.45) is 1.60. The molecule has 14 heavy (non-hydrogen) atoms. The van der Waals surface area contributed by atoms with Crippen LogP contribution in [0.1, 0.15) is 16.1 Å². The van der Waals surface area contributed by atoms with E-state index < -0.39 is 0 Å². The van der Waals surface area contributed by atoms with E-state index in [9.17, 15) is 4.79 Å². The fourth-order valence-corrected chi connectivity index (χ4v) is 1.12. The summed E-state index contributed by atoms with van der Waals surface area (Å²) >= 11 is 3.31. The molecule has 0 spiro atoms. The van der Waals surface area contributed by atoms with Gasteiger partial charge in [0.2, 0.25) is 0 Å². The maximum atomic E-state index is 11.6. The largest absolute Gasteiger partial charge is 0.295 e. The molecule has 1 rings (SSSR count). The number of halogens is 1. The summed E-state index contributed by atoms with van der Waals surface area (Å²) in [6.45, 7) is 1.90. The second kappa shape index (κ2) is 4.52. The molecule has 0 N–H and O–H groups in total. The highest BCUT2D eigenvalue weighted by Gasteiger charge is 2.13. The van der Waals surface area contributed by atoms with Crippen molar-refractivity contribution < 1.29 is 9.63 Å². The van der Waals surface area contributed by atoms with E-state index in [4.69, 9.17) is 4.84 Å². The van der Waals surface area contributed by atoms with Gasteiger partial charge in [-0.05, 0) is 34.5 Å². The van der Waals surface area contributed by atoms with Gasteiger partial charge in [0.25, 0.3) is 5.91 Å². The molecule has 0 unspecified atom stereocenters. The number of aryl methyl sites for hydroxylation is 1. The van der Waals surface area contributed by atoms with Gasteiger partial charge in [0.05, 0.1) is 7.11 Å². The van der Waals surface area contributed by atoms with Crippen LogP contribution in [0.15, 0.2) is 16.7 Å². The molecule has 0 aliphatic rings. The van der Waals surface area contributed by atoms with Crippen LogP contribution in [0.5, 0.6) is 0 Å². The third kappa shape index (κ3) is 2.30. The summed E-state index contributed by atoms with van der Waals surface area (Å²) in [5.41, 5.74) is 1.34. The predicted molar refractivity (Wildman–Crippen MR) is 55.8 cm³/mol. The normalized spacial score (nSPS) is 10.0. The highest BCUT2D eigenvalue weighted by atomic mass is 79.9. The molecular formula is C9H11BrN2O2. The van der Waals surface area contributed by atoms with Gasteiger partial charge in [-0.25, -0.2) is 10.0 Å². The van der Waals surface area contributed by atoms with Gasteiger partial charge in [-0.3, -0.25) is 9.63 Å². The molecule has 0 aromatic carbocycles. The fraction of sp³-hybridized carbons (Fsp3) is 0.333. The van der Waals surface area contributed by atoms with E-state index in [-0.39, 0.29) is 5.91 Å². The first-order valence-corrected chi connectivity index (χ1v) is 4.80. The van der Waals surface area contributed by atoms with Gasteiger partial charge in [0.15, 0.2) is 0 Å².